The van der Waals surface area contributed by atoms with Gasteiger partial charge < -0.3 is 15.2 Å². The van der Waals surface area contributed by atoms with Crippen molar-refractivity contribution in [3.05, 3.63) is 52.0 Å². The highest BCUT2D eigenvalue weighted by molar-refractivity contribution is 9.10. The highest BCUT2D eigenvalue weighted by Gasteiger charge is 2.14. The molecule has 0 spiro atoms. The molecular formula is C16H16BrNO3. The Bertz CT molecular complexity index is 671. The molecular weight excluding hydrogens is 334 g/mol. The van der Waals surface area contributed by atoms with Crippen molar-refractivity contribution in [2.45, 2.75) is 6.42 Å². The van der Waals surface area contributed by atoms with Crippen LogP contribution in [0.3, 0.4) is 0 Å². The van der Waals surface area contributed by atoms with Gasteiger partial charge in [-0.1, -0.05) is 15.9 Å². The number of ketones is 1. The average molecular weight is 350 g/mol. The fraction of sp³-hybridized carbons (Fsp3) is 0.188. The summed E-state index contributed by atoms with van der Waals surface area (Å²) in [5.74, 6) is 1.24. The largest absolute Gasteiger partial charge is 0.497 e. The molecule has 0 saturated carbocycles. The second-order valence-corrected chi connectivity index (χ2v) is 5.42. The predicted molar refractivity (Wildman–Crippen MR) is 86.1 cm³/mol. The van der Waals surface area contributed by atoms with Crippen LogP contribution in [0.5, 0.6) is 11.5 Å². The number of methoxy groups -OCH3 is 2. The SMILES string of the molecule is COc1ccc(C(=O)Cc2cc(Br)ccc2OC)c(N)c1. The monoisotopic (exact) mass is 349 g/mol. The van der Waals surface area contributed by atoms with Gasteiger partial charge in [0.05, 0.1) is 14.2 Å². The molecule has 0 aliphatic rings. The zero-order chi connectivity index (χ0) is 15.4. The molecule has 2 aromatic rings. The number of carbonyl (C=O) groups is 1. The number of ether oxygens (including phenoxy) is 2. The number of benzene rings is 2. The summed E-state index contributed by atoms with van der Waals surface area (Å²) < 4.78 is 11.3. The molecule has 0 unspecified atom stereocenters. The normalized spacial score (nSPS) is 10.2. The number of hydrogen-bond acceptors (Lipinski definition) is 4. The van der Waals surface area contributed by atoms with E-state index in [2.05, 4.69) is 15.9 Å². The molecule has 2 aromatic carbocycles. The summed E-state index contributed by atoms with van der Waals surface area (Å²) in [7, 11) is 3.14. The van der Waals surface area contributed by atoms with Crippen LogP contribution in [-0.2, 0) is 6.42 Å². The van der Waals surface area contributed by atoms with Crippen LogP contribution >= 0.6 is 15.9 Å². The Morgan fingerprint density at radius 3 is 2.52 bits per heavy atom. The molecule has 2 rings (SSSR count). The van der Waals surface area contributed by atoms with E-state index in [9.17, 15) is 4.79 Å². The van der Waals surface area contributed by atoms with Crippen molar-refractivity contribution >= 4 is 27.4 Å². The maximum Gasteiger partial charge on any atom is 0.169 e. The molecule has 0 aliphatic carbocycles. The molecule has 0 amide bonds. The van der Waals surface area contributed by atoms with E-state index in [0.29, 0.717) is 22.7 Å². The molecule has 110 valence electrons. The standard InChI is InChI=1S/C16H16BrNO3/c1-20-12-4-5-13(14(18)9-12)15(19)8-10-7-11(17)3-6-16(10)21-2/h3-7,9H,8,18H2,1-2H3. The number of rotatable bonds is 5. The summed E-state index contributed by atoms with van der Waals surface area (Å²) >= 11 is 3.40. The lowest BCUT2D eigenvalue weighted by Crippen LogP contribution is -2.08. The average Bonchev–Trinajstić information content (AvgIpc) is 2.47. The van der Waals surface area contributed by atoms with E-state index in [-0.39, 0.29) is 12.2 Å². The maximum absolute atomic E-state index is 12.4. The lowest BCUT2D eigenvalue weighted by Gasteiger charge is -2.10. The van der Waals surface area contributed by atoms with Crippen molar-refractivity contribution in [2.75, 3.05) is 20.0 Å². The van der Waals surface area contributed by atoms with Crippen LogP contribution in [0.4, 0.5) is 5.69 Å². The van der Waals surface area contributed by atoms with Gasteiger partial charge in [-0.3, -0.25) is 4.79 Å². The van der Waals surface area contributed by atoms with Gasteiger partial charge in [-0.15, -0.1) is 0 Å². The van der Waals surface area contributed by atoms with E-state index < -0.39 is 0 Å². The first-order valence-electron chi connectivity index (χ1n) is 6.34. The van der Waals surface area contributed by atoms with Gasteiger partial charge in [0.15, 0.2) is 5.78 Å². The Balaban J connectivity index is 2.28. The number of carbonyl (C=O) groups excluding carboxylic acids is 1. The molecule has 0 bridgehead atoms. The fourth-order valence-corrected chi connectivity index (χ4v) is 2.48. The number of Topliss-reactive ketones (excluding diaryl/α,β-unsaturated/α-hetero) is 1. The van der Waals surface area contributed by atoms with Gasteiger partial charge in [-0.25, -0.2) is 0 Å². The lowest BCUT2D eigenvalue weighted by atomic mass is 10.0. The van der Waals surface area contributed by atoms with Gasteiger partial charge in [0.2, 0.25) is 0 Å². The summed E-state index contributed by atoms with van der Waals surface area (Å²) in [5.41, 5.74) is 7.62. The van der Waals surface area contributed by atoms with Gasteiger partial charge in [0.25, 0.3) is 0 Å². The van der Waals surface area contributed by atoms with Gasteiger partial charge >= 0.3 is 0 Å². The minimum atomic E-state index is -0.0634. The van der Waals surface area contributed by atoms with E-state index in [0.717, 1.165) is 10.0 Å². The minimum Gasteiger partial charge on any atom is -0.497 e. The summed E-state index contributed by atoms with van der Waals surface area (Å²) in [5, 5.41) is 0. The van der Waals surface area contributed by atoms with E-state index in [4.69, 9.17) is 15.2 Å². The van der Waals surface area contributed by atoms with E-state index in [1.165, 1.54) is 0 Å². The molecule has 0 atom stereocenters. The number of hydrogen-bond donors (Lipinski definition) is 1. The Morgan fingerprint density at radius 2 is 1.90 bits per heavy atom. The van der Waals surface area contributed by atoms with Crippen LogP contribution in [0.2, 0.25) is 0 Å². The molecule has 0 aromatic heterocycles. The molecule has 2 N–H and O–H groups in total. The lowest BCUT2D eigenvalue weighted by molar-refractivity contribution is 0.0993. The number of halogens is 1. The van der Waals surface area contributed by atoms with Gasteiger partial charge in [0.1, 0.15) is 11.5 Å². The zero-order valence-electron chi connectivity index (χ0n) is 11.9. The predicted octanol–water partition coefficient (Wildman–Crippen LogP) is 3.47. The van der Waals surface area contributed by atoms with Gasteiger partial charge in [-0.05, 0) is 30.3 Å². The Kier molecular flexibility index (Phi) is 4.85. The van der Waals surface area contributed by atoms with Crippen molar-refractivity contribution in [1.82, 2.24) is 0 Å². The van der Waals surface area contributed by atoms with Crippen molar-refractivity contribution < 1.29 is 14.3 Å². The van der Waals surface area contributed by atoms with Crippen molar-refractivity contribution in [2.24, 2.45) is 0 Å². The van der Waals surface area contributed by atoms with Crippen LogP contribution in [0.1, 0.15) is 15.9 Å². The number of nitrogen functional groups attached to an aromatic ring is 1. The third-order valence-electron chi connectivity index (χ3n) is 3.15. The third kappa shape index (κ3) is 3.55. The fourth-order valence-electron chi connectivity index (χ4n) is 2.08. The topological polar surface area (TPSA) is 61.5 Å². The Hall–Kier alpha value is -2.01. The summed E-state index contributed by atoms with van der Waals surface area (Å²) in [6.45, 7) is 0. The Labute approximate surface area is 132 Å². The van der Waals surface area contributed by atoms with Crippen molar-refractivity contribution in [1.29, 1.82) is 0 Å². The first kappa shape index (κ1) is 15.4. The first-order valence-corrected chi connectivity index (χ1v) is 7.13. The number of anilines is 1. The Morgan fingerprint density at radius 1 is 1.14 bits per heavy atom. The first-order chi connectivity index (χ1) is 10.0. The van der Waals surface area contributed by atoms with Crippen LogP contribution in [0, 0.1) is 0 Å². The second kappa shape index (κ2) is 6.63. The van der Waals surface area contributed by atoms with Gasteiger partial charge in [-0.2, -0.15) is 0 Å². The summed E-state index contributed by atoms with van der Waals surface area (Å²) in [6, 6.07) is 10.6. The van der Waals surface area contributed by atoms with E-state index in [1.807, 2.05) is 18.2 Å². The molecule has 0 saturated heterocycles. The molecule has 4 nitrogen and oxygen atoms in total. The zero-order valence-corrected chi connectivity index (χ0v) is 13.4. The van der Waals surface area contributed by atoms with E-state index >= 15 is 0 Å². The molecule has 0 radical (unpaired) electrons. The summed E-state index contributed by atoms with van der Waals surface area (Å²) in [6.07, 6.45) is 0.221. The minimum absolute atomic E-state index is 0.0634. The van der Waals surface area contributed by atoms with Crippen LogP contribution in [-0.4, -0.2) is 20.0 Å². The molecule has 21 heavy (non-hydrogen) atoms. The van der Waals surface area contributed by atoms with Crippen LogP contribution in [0.25, 0.3) is 0 Å². The molecule has 0 fully saturated rings. The quantitative estimate of drug-likeness (QED) is 0.663. The molecule has 0 aliphatic heterocycles. The summed E-state index contributed by atoms with van der Waals surface area (Å²) in [4.78, 5) is 12.4. The van der Waals surface area contributed by atoms with E-state index in [1.54, 1.807) is 32.4 Å². The number of nitrogens with two attached hydrogens (primary N) is 1. The smallest absolute Gasteiger partial charge is 0.169 e. The third-order valence-corrected chi connectivity index (χ3v) is 3.65. The van der Waals surface area contributed by atoms with Crippen molar-refractivity contribution in [3.8, 4) is 11.5 Å². The van der Waals surface area contributed by atoms with Crippen molar-refractivity contribution in [3.63, 3.8) is 0 Å². The highest BCUT2D eigenvalue weighted by atomic mass is 79.9. The van der Waals surface area contributed by atoms with Gasteiger partial charge in [0, 0.05) is 33.8 Å². The highest BCUT2D eigenvalue weighted by Crippen LogP contribution is 2.26. The van der Waals surface area contributed by atoms with Crippen LogP contribution < -0.4 is 15.2 Å². The second-order valence-electron chi connectivity index (χ2n) is 4.51. The van der Waals surface area contributed by atoms with Crippen LogP contribution in [0.15, 0.2) is 40.9 Å². The molecule has 5 heteroatoms. The maximum atomic E-state index is 12.4. The molecule has 0 heterocycles.